The fraction of sp³-hybridized carbons (Fsp3) is 0.875. The lowest BCUT2D eigenvalue weighted by atomic mass is 9.84. The van der Waals surface area contributed by atoms with Crippen molar-refractivity contribution in [3.05, 3.63) is 0 Å². The first kappa shape index (κ1) is 14.6. The van der Waals surface area contributed by atoms with Crippen LogP contribution in [-0.4, -0.2) is 12.6 Å². The highest BCUT2D eigenvalue weighted by molar-refractivity contribution is 4.99. The van der Waals surface area contributed by atoms with Crippen LogP contribution in [-0.2, 0) is 0 Å². The molecule has 0 heterocycles. The molecule has 0 saturated heterocycles. The molecule has 1 aliphatic rings. The van der Waals surface area contributed by atoms with Crippen LogP contribution in [0.15, 0.2) is 0 Å². The molecule has 1 aliphatic carbocycles. The highest BCUT2D eigenvalue weighted by Crippen LogP contribution is 2.26. The van der Waals surface area contributed by atoms with Gasteiger partial charge < -0.3 is 5.32 Å². The van der Waals surface area contributed by atoms with E-state index in [1.807, 2.05) is 6.92 Å². The Kier molecular flexibility index (Phi) is 8.18. The molecule has 0 aromatic heterocycles. The Morgan fingerprint density at radius 1 is 1.12 bits per heavy atom. The van der Waals surface area contributed by atoms with Crippen LogP contribution in [0.25, 0.3) is 0 Å². The summed E-state index contributed by atoms with van der Waals surface area (Å²) in [6.07, 6.45) is 12.3. The number of rotatable bonds is 5. The molecule has 1 N–H and O–H groups in total. The minimum absolute atomic E-state index is 0.639. The summed E-state index contributed by atoms with van der Waals surface area (Å²) in [6.45, 7) is 5.34. The van der Waals surface area contributed by atoms with Gasteiger partial charge in [-0.05, 0) is 38.6 Å². The van der Waals surface area contributed by atoms with Crippen LogP contribution in [0.5, 0.6) is 0 Å². The molecule has 1 nitrogen and oxygen atoms in total. The summed E-state index contributed by atoms with van der Waals surface area (Å²) in [5.74, 6) is 7.19. The molecule has 1 heteroatoms. The maximum absolute atomic E-state index is 3.72. The van der Waals surface area contributed by atoms with Gasteiger partial charge in [0, 0.05) is 12.5 Å². The third-order valence-electron chi connectivity index (χ3n) is 3.87. The molecule has 1 fully saturated rings. The smallest absolute Gasteiger partial charge is 0.0245 e. The maximum Gasteiger partial charge on any atom is 0.0245 e. The Morgan fingerprint density at radius 2 is 1.76 bits per heavy atom. The topological polar surface area (TPSA) is 12.0 Å². The fourth-order valence-electron chi connectivity index (χ4n) is 2.84. The minimum Gasteiger partial charge on any atom is -0.313 e. The summed E-state index contributed by atoms with van der Waals surface area (Å²) in [7, 11) is 0. The van der Waals surface area contributed by atoms with Crippen molar-refractivity contribution in [2.45, 2.75) is 77.7 Å². The Hall–Kier alpha value is -0.480. The van der Waals surface area contributed by atoms with E-state index in [9.17, 15) is 0 Å². The molecule has 17 heavy (non-hydrogen) atoms. The van der Waals surface area contributed by atoms with Crippen LogP contribution >= 0.6 is 0 Å². The van der Waals surface area contributed by atoms with Crippen molar-refractivity contribution in [3.63, 3.8) is 0 Å². The summed E-state index contributed by atoms with van der Waals surface area (Å²) in [5.41, 5.74) is 0. The highest BCUT2D eigenvalue weighted by atomic mass is 14.9. The second-order valence-corrected chi connectivity index (χ2v) is 5.30. The second-order valence-electron chi connectivity index (χ2n) is 5.30. The molecule has 1 unspecified atom stereocenters. The number of hydrogen-bond donors (Lipinski definition) is 1. The molecular formula is C16H29N. The van der Waals surface area contributed by atoms with E-state index in [1.54, 1.807) is 0 Å². The van der Waals surface area contributed by atoms with Gasteiger partial charge in [-0.1, -0.05) is 39.0 Å². The van der Waals surface area contributed by atoms with E-state index >= 15 is 0 Å². The molecule has 0 spiro atoms. The van der Waals surface area contributed by atoms with Crippen LogP contribution in [0, 0.1) is 17.8 Å². The number of hydrogen-bond acceptors (Lipinski definition) is 1. The Balaban J connectivity index is 2.47. The zero-order valence-corrected chi connectivity index (χ0v) is 11.7. The lowest BCUT2D eigenvalue weighted by Crippen LogP contribution is -2.36. The van der Waals surface area contributed by atoms with Gasteiger partial charge in [0.05, 0.1) is 0 Å². The zero-order valence-electron chi connectivity index (χ0n) is 11.7. The Morgan fingerprint density at radius 3 is 2.35 bits per heavy atom. The lowest BCUT2D eigenvalue weighted by molar-refractivity contribution is 0.288. The summed E-state index contributed by atoms with van der Waals surface area (Å²) < 4.78 is 0. The first-order valence-corrected chi connectivity index (χ1v) is 7.51. The van der Waals surface area contributed by atoms with Gasteiger partial charge in [0.25, 0.3) is 0 Å². The average Bonchev–Trinajstić information content (AvgIpc) is 2.30. The van der Waals surface area contributed by atoms with Crippen molar-refractivity contribution in [2.75, 3.05) is 6.54 Å². The molecule has 0 aromatic rings. The summed E-state index contributed by atoms with van der Waals surface area (Å²) >= 11 is 0. The molecule has 1 saturated carbocycles. The van der Waals surface area contributed by atoms with E-state index in [0.717, 1.165) is 18.9 Å². The molecule has 1 rings (SSSR count). The third kappa shape index (κ3) is 6.13. The minimum atomic E-state index is 0.639. The quantitative estimate of drug-likeness (QED) is 0.707. The van der Waals surface area contributed by atoms with E-state index in [1.165, 1.54) is 51.4 Å². The molecule has 1 atom stereocenters. The predicted molar refractivity (Wildman–Crippen MR) is 76.0 cm³/mol. The monoisotopic (exact) mass is 235 g/mol. The Bertz CT molecular complexity index is 228. The van der Waals surface area contributed by atoms with Crippen LogP contribution < -0.4 is 5.32 Å². The van der Waals surface area contributed by atoms with Crippen LogP contribution in [0.4, 0.5) is 0 Å². The predicted octanol–water partition coefficient (Wildman–Crippen LogP) is 4.13. The van der Waals surface area contributed by atoms with Crippen LogP contribution in [0.1, 0.15) is 71.6 Å². The van der Waals surface area contributed by atoms with Crippen molar-refractivity contribution < 1.29 is 0 Å². The number of nitrogens with one attached hydrogen (secondary N) is 1. The maximum atomic E-state index is 3.72. The molecule has 0 aromatic carbocycles. The molecular weight excluding hydrogens is 206 g/mol. The Labute approximate surface area is 108 Å². The molecule has 98 valence electrons. The lowest BCUT2D eigenvalue weighted by Gasteiger charge is -2.28. The van der Waals surface area contributed by atoms with E-state index in [0.29, 0.717) is 6.04 Å². The van der Waals surface area contributed by atoms with E-state index in [2.05, 4.69) is 24.1 Å². The average molecular weight is 235 g/mol. The van der Waals surface area contributed by atoms with Crippen molar-refractivity contribution in [1.82, 2.24) is 5.32 Å². The summed E-state index contributed by atoms with van der Waals surface area (Å²) in [6, 6.07) is 0.639. The van der Waals surface area contributed by atoms with Crippen LogP contribution in [0.3, 0.4) is 0 Å². The van der Waals surface area contributed by atoms with Gasteiger partial charge in [0.15, 0.2) is 0 Å². The van der Waals surface area contributed by atoms with Gasteiger partial charge in [-0.2, -0.15) is 0 Å². The first-order chi connectivity index (χ1) is 8.38. The first-order valence-electron chi connectivity index (χ1n) is 7.51. The zero-order chi connectivity index (χ0) is 12.3. The molecule has 0 bridgehead atoms. The van der Waals surface area contributed by atoms with Gasteiger partial charge in [0.1, 0.15) is 0 Å². The normalized spacial score (nSPS) is 19.9. The molecule has 0 radical (unpaired) electrons. The van der Waals surface area contributed by atoms with Gasteiger partial charge in [-0.3, -0.25) is 0 Å². The second kappa shape index (κ2) is 9.54. The van der Waals surface area contributed by atoms with E-state index in [4.69, 9.17) is 0 Å². The molecule has 0 amide bonds. The van der Waals surface area contributed by atoms with Gasteiger partial charge in [-0.15, -0.1) is 11.8 Å². The summed E-state index contributed by atoms with van der Waals surface area (Å²) in [4.78, 5) is 0. The van der Waals surface area contributed by atoms with Crippen molar-refractivity contribution in [2.24, 2.45) is 5.92 Å². The van der Waals surface area contributed by atoms with Crippen molar-refractivity contribution in [3.8, 4) is 11.8 Å². The van der Waals surface area contributed by atoms with Gasteiger partial charge in [-0.25, -0.2) is 0 Å². The van der Waals surface area contributed by atoms with Gasteiger partial charge >= 0.3 is 0 Å². The SMILES string of the molecule is CC#CCC(NCCC)C1CCCCCCC1. The van der Waals surface area contributed by atoms with Crippen molar-refractivity contribution in [1.29, 1.82) is 0 Å². The van der Waals surface area contributed by atoms with E-state index < -0.39 is 0 Å². The van der Waals surface area contributed by atoms with Gasteiger partial charge in [0.2, 0.25) is 0 Å². The molecule has 0 aliphatic heterocycles. The standard InChI is InChI=1S/C16H29N/c1-3-5-13-16(17-14-4-2)15-11-9-7-6-8-10-12-15/h15-17H,4,6-14H2,1-2H3. The fourth-order valence-corrected chi connectivity index (χ4v) is 2.84. The highest BCUT2D eigenvalue weighted by Gasteiger charge is 2.20. The largest absolute Gasteiger partial charge is 0.313 e. The third-order valence-corrected chi connectivity index (χ3v) is 3.87. The van der Waals surface area contributed by atoms with Crippen LogP contribution in [0.2, 0.25) is 0 Å². The van der Waals surface area contributed by atoms with Crippen molar-refractivity contribution >= 4 is 0 Å². The van der Waals surface area contributed by atoms with E-state index in [-0.39, 0.29) is 0 Å². The summed E-state index contributed by atoms with van der Waals surface area (Å²) in [5, 5.41) is 3.72.